The third kappa shape index (κ3) is 3.66. The second-order valence-corrected chi connectivity index (χ2v) is 4.42. The molecule has 0 aliphatic rings. The van der Waals surface area contributed by atoms with E-state index in [-0.39, 0.29) is 5.02 Å². The molecule has 19 heavy (non-hydrogen) atoms. The number of benzene rings is 2. The molecular formula is C14H12ClF2NO. The summed E-state index contributed by atoms with van der Waals surface area (Å²) >= 11 is 5.65. The maximum atomic E-state index is 13.4. The van der Waals surface area contributed by atoms with Crippen LogP contribution in [0.15, 0.2) is 36.4 Å². The number of rotatable bonds is 4. The van der Waals surface area contributed by atoms with Crippen LogP contribution in [0.25, 0.3) is 0 Å². The van der Waals surface area contributed by atoms with E-state index in [4.69, 9.17) is 22.1 Å². The summed E-state index contributed by atoms with van der Waals surface area (Å²) in [5, 5.41) is -0.0453. The average Bonchev–Trinajstić information content (AvgIpc) is 2.33. The van der Waals surface area contributed by atoms with E-state index in [2.05, 4.69) is 0 Å². The molecule has 0 unspecified atom stereocenters. The summed E-state index contributed by atoms with van der Waals surface area (Å²) in [6, 6.07) is 8.29. The molecular weight excluding hydrogens is 272 g/mol. The Morgan fingerprint density at radius 2 is 1.84 bits per heavy atom. The number of hydrogen-bond donors (Lipinski definition) is 1. The van der Waals surface area contributed by atoms with Crippen molar-refractivity contribution in [3.05, 3.63) is 58.6 Å². The number of nitrogens with two attached hydrogens (primary N) is 1. The Morgan fingerprint density at radius 3 is 2.53 bits per heavy atom. The molecule has 0 atom stereocenters. The van der Waals surface area contributed by atoms with Gasteiger partial charge in [-0.1, -0.05) is 11.6 Å². The van der Waals surface area contributed by atoms with Crippen LogP contribution in [-0.4, -0.2) is 6.54 Å². The molecule has 0 heterocycles. The van der Waals surface area contributed by atoms with Crippen LogP contribution >= 0.6 is 11.6 Å². The van der Waals surface area contributed by atoms with Crippen LogP contribution in [0.1, 0.15) is 5.56 Å². The van der Waals surface area contributed by atoms with Gasteiger partial charge in [-0.05, 0) is 42.8 Å². The lowest BCUT2D eigenvalue weighted by Crippen LogP contribution is -2.03. The van der Waals surface area contributed by atoms with Crippen molar-refractivity contribution in [2.45, 2.75) is 6.42 Å². The van der Waals surface area contributed by atoms with Crippen molar-refractivity contribution in [3.8, 4) is 11.5 Å². The zero-order valence-electron chi connectivity index (χ0n) is 10.00. The summed E-state index contributed by atoms with van der Waals surface area (Å²) in [5.74, 6) is -0.270. The minimum Gasteiger partial charge on any atom is -0.457 e. The maximum absolute atomic E-state index is 13.4. The normalized spacial score (nSPS) is 10.5. The van der Waals surface area contributed by atoms with Gasteiger partial charge in [-0.3, -0.25) is 0 Å². The molecule has 0 aliphatic heterocycles. The van der Waals surface area contributed by atoms with Crippen LogP contribution in [0, 0.1) is 11.6 Å². The zero-order valence-corrected chi connectivity index (χ0v) is 10.8. The SMILES string of the molecule is NCCc1cc(F)cc(Oc2ccc(F)c(Cl)c2)c1. The summed E-state index contributed by atoms with van der Waals surface area (Å²) in [5.41, 5.74) is 6.17. The van der Waals surface area contributed by atoms with Crippen LogP contribution < -0.4 is 10.5 Å². The highest BCUT2D eigenvalue weighted by molar-refractivity contribution is 6.30. The van der Waals surface area contributed by atoms with Gasteiger partial charge in [0.1, 0.15) is 23.1 Å². The zero-order chi connectivity index (χ0) is 13.8. The predicted octanol–water partition coefficient (Wildman–Crippen LogP) is 3.91. The lowest BCUT2D eigenvalue weighted by atomic mass is 10.1. The molecule has 0 aromatic heterocycles. The monoisotopic (exact) mass is 283 g/mol. The van der Waals surface area contributed by atoms with Gasteiger partial charge in [0.2, 0.25) is 0 Å². The summed E-state index contributed by atoms with van der Waals surface area (Å²) in [4.78, 5) is 0. The van der Waals surface area contributed by atoms with E-state index in [9.17, 15) is 8.78 Å². The average molecular weight is 284 g/mol. The molecule has 5 heteroatoms. The van der Waals surface area contributed by atoms with E-state index < -0.39 is 11.6 Å². The molecule has 0 aliphatic carbocycles. The molecule has 2 nitrogen and oxygen atoms in total. The summed E-state index contributed by atoms with van der Waals surface area (Å²) in [7, 11) is 0. The fourth-order valence-corrected chi connectivity index (χ4v) is 1.84. The highest BCUT2D eigenvalue weighted by atomic mass is 35.5. The summed E-state index contributed by atoms with van der Waals surface area (Å²) in [6.07, 6.45) is 0.554. The Bertz CT molecular complexity index is 590. The van der Waals surface area contributed by atoms with Crippen molar-refractivity contribution in [1.82, 2.24) is 0 Å². The Labute approximate surface area is 114 Å². The quantitative estimate of drug-likeness (QED) is 0.923. The van der Waals surface area contributed by atoms with Gasteiger partial charge < -0.3 is 10.5 Å². The summed E-state index contributed by atoms with van der Waals surface area (Å²) < 4.78 is 31.8. The smallest absolute Gasteiger partial charge is 0.142 e. The first-order chi connectivity index (χ1) is 9.08. The lowest BCUT2D eigenvalue weighted by Gasteiger charge is -2.08. The minimum absolute atomic E-state index is 0.0453. The Kier molecular flexibility index (Phi) is 4.35. The van der Waals surface area contributed by atoms with E-state index in [1.165, 1.54) is 30.3 Å². The highest BCUT2D eigenvalue weighted by Gasteiger charge is 2.05. The molecule has 0 saturated carbocycles. The van der Waals surface area contributed by atoms with Gasteiger partial charge in [0.15, 0.2) is 0 Å². The number of hydrogen-bond acceptors (Lipinski definition) is 2. The van der Waals surface area contributed by atoms with Crippen molar-refractivity contribution in [2.75, 3.05) is 6.54 Å². The molecule has 2 aromatic rings. The van der Waals surface area contributed by atoms with Gasteiger partial charge in [0.05, 0.1) is 5.02 Å². The van der Waals surface area contributed by atoms with Gasteiger partial charge in [-0.25, -0.2) is 8.78 Å². The van der Waals surface area contributed by atoms with Crippen molar-refractivity contribution in [3.63, 3.8) is 0 Å². The molecule has 0 saturated heterocycles. The van der Waals surface area contributed by atoms with E-state index in [0.29, 0.717) is 24.5 Å². The van der Waals surface area contributed by atoms with E-state index >= 15 is 0 Å². The van der Waals surface area contributed by atoms with Crippen LogP contribution in [0.4, 0.5) is 8.78 Å². The number of halogens is 3. The van der Waals surface area contributed by atoms with Crippen molar-refractivity contribution < 1.29 is 13.5 Å². The first kappa shape index (κ1) is 13.8. The largest absolute Gasteiger partial charge is 0.457 e. The van der Waals surface area contributed by atoms with Crippen LogP contribution in [-0.2, 0) is 6.42 Å². The standard InChI is InChI=1S/C14H12ClF2NO/c15-13-8-11(1-2-14(13)17)19-12-6-9(3-4-18)5-10(16)7-12/h1-2,5-8H,3-4,18H2. The van der Waals surface area contributed by atoms with Crippen molar-refractivity contribution >= 4 is 11.6 Å². The van der Waals surface area contributed by atoms with Gasteiger partial charge in [-0.2, -0.15) is 0 Å². The highest BCUT2D eigenvalue weighted by Crippen LogP contribution is 2.27. The lowest BCUT2D eigenvalue weighted by molar-refractivity contribution is 0.474. The summed E-state index contributed by atoms with van der Waals surface area (Å²) in [6.45, 7) is 0.422. The van der Waals surface area contributed by atoms with E-state index in [1.54, 1.807) is 6.07 Å². The third-order valence-electron chi connectivity index (χ3n) is 2.49. The van der Waals surface area contributed by atoms with Crippen molar-refractivity contribution in [1.29, 1.82) is 0 Å². The molecule has 0 radical (unpaired) electrons. The fourth-order valence-electron chi connectivity index (χ4n) is 1.67. The molecule has 0 fully saturated rings. The second-order valence-electron chi connectivity index (χ2n) is 4.01. The number of ether oxygens (including phenoxy) is 1. The van der Waals surface area contributed by atoms with E-state index in [0.717, 1.165) is 5.56 Å². The van der Waals surface area contributed by atoms with Crippen LogP contribution in [0.3, 0.4) is 0 Å². The molecule has 0 bridgehead atoms. The topological polar surface area (TPSA) is 35.2 Å². The Balaban J connectivity index is 2.24. The second kappa shape index (κ2) is 5.99. The van der Waals surface area contributed by atoms with Gasteiger partial charge in [0.25, 0.3) is 0 Å². The first-order valence-corrected chi connectivity index (χ1v) is 6.09. The Hall–Kier alpha value is -1.65. The van der Waals surface area contributed by atoms with Gasteiger partial charge in [0, 0.05) is 12.1 Å². The maximum Gasteiger partial charge on any atom is 0.142 e. The molecule has 100 valence electrons. The fraction of sp³-hybridized carbons (Fsp3) is 0.143. The molecule has 0 amide bonds. The molecule has 2 aromatic carbocycles. The molecule has 2 N–H and O–H groups in total. The van der Waals surface area contributed by atoms with E-state index in [1.807, 2.05) is 0 Å². The molecule has 0 spiro atoms. The predicted molar refractivity (Wildman–Crippen MR) is 70.6 cm³/mol. The van der Waals surface area contributed by atoms with Gasteiger partial charge >= 0.3 is 0 Å². The molecule has 2 rings (SSSR count). The van der Waals surface area contributed by atoms with Gasteiger partial charge in [-0.15, -0.1) is 0 Å². The van der Waals surface area contributed by atoms with Crippen molar-refractivity contribution in [2.24, 2.45) is 5.73 Å². The third-order valence-corrected chi connectivity index (χ3v) is 2.78. The first-order valence-electron chi connectivity index (χ1n) is 5.71. The van der Waals surface area contributed by atoms with Crippen LogP contribution in [0.5, 0.6) is 11.5 Å². The van der Waals surface area contributed by atoms with Crippen LogP contribution in [0.2, 0.25) is 5.02 Å². The minimum atomic E-state index is -0.530. The Morgan fingerprint density at radius 1 is 1.05 bits per heavy atom.